The quantitative estimate of drug-likeness (QED) is 0.380. The number of rotatable bonds is 6. The Morgan fingerprint density at radius 1 is 1.11 bits per heavy atom. The van der Waals surface area contributed by atoms with Gasteiger partial charge in [0.2, 0.25) is 5.95 Å². The molecule has 2 heterocycles. The number of furan rings is 1. The molecule has 3 rings (SSSR count). The van der Waals surface area contributed by atoms with Crippen molar-refractivity contribution in [3.05, 3.63) is 69.7 Å². The van der Waals surface area contributed by atoms with E-state index in [1.165, 1.54) is 42.6 Å². The SMILES string of the molecule is Cc1cc(C)nc(NS(=O)(=O)c2ccc(N=Cc3ccc([N+](=O)[O-])o3)cc2)n1. The van der Waals surface area contributed by atoms with Crippen molar-refractivity contribution in [2.24, 2.45) is 4.99 Å². The molecular weight excluding hydrogens is 386 g/mol. The van der Waals surface area contributed by atoms with E-state index >= 15 is 0 Å². The van der Waals surface area contributed by atoms with E-state index in [2.05, 4.69) is 19.7 Å². The molecule has 3 aromatic rings. The molecule has 28 heavy (non-hydrogen) atoms. The number of nitro groups is 1. The van der Waals surface area contributed by atoms with Gasteiger partial charge in [-0.25, -0.2) is 23.1 Å². The van der Waals surface area contributed by atoms with Crippen molar-refractivity contribution in [3.8, 4) is 0 Å². The molecule has 0 saturated heterocycles. The smallest absolute Gasteiger partial charge is 0.400 e. The van der Waals surface area contributed by atoms with Gasteiger partial charge >= 0.3 is 5.88 Å². The minimum atomic E-state index is -3.86. The standard InChI is InChI=1S/C17H15N5O5S/c1-11-9-12(2)20-17(19-11)21-28(25,26)15-6-3-13(4-7-15)18-10-14-5-8-16(27-14)22(23)24/h3-10H,1-2H3,(H,19,20,21). The van der Waals surface area contributed by atoms with E-state index in [9.17, 15) is 18.5 Å². The molecule has 10 nitrogen and oxygen atoms in total. The zero-order valence-corrected chi connectivity index (χ0v) is 15.7. The van der Waals surface area contributed by atoms with E-state index in [1.54, 1.807) is 19.9 Å². The van der Waals surface area contributed by atoms with Gasteiger partial charge in [-0.1, -0.05) is 0 Å². The zero-order valence-electron chi connectivity index (χ0n) is 14.9. The molecule has 0 radical (unpaired) electrons. The van der Waals surface area contributed by atoms with Crippen LogP contribution in [0.5, 0.6) is 0 Å². The van der Waals surface area contributed by atoms with E-state index in [1.807, 2.05) is 0 Å². The van der Waals surface area contributed by atoms with Crippen LogP contribution in [0, 0.1) is 24.0 Å². The monoisotopic (exact) mass is 401 g/mol. The van der Waals surface area contributed by atoms with Gasteiger partial charge in [0.15, 0.2) is 5.76 Å². The minimum Gasteiger partial charge on any atom is -0.400 e. The molecular formula is C17H15N5O5S. The lowest BCUT2D eigenvalue weighted by Crippen LogP contribution is -2.15. The summed E-state index contributed by atoms with van der Waals surface area (Å²) in [6.07, 6.45) is 1.30. The zero-order chi connectivity index (χ0) is 20.3. The van der Waals surface area contributed by atoms with Crippen molar-refractivity contribution in [1.82, 2.24) is 9.97 Å². The molecule has 0 bridgehead atoms. The fourth-order valence-electron chi connectivity index (χ4n) is 2.31. The highest BCUT2D eigenvalue weighted by Crippen LogP contribution is 2.20. The maximum atomic E-state index is 12.5. The topological polar surface area (TPSA) is 141 Å². The second kappa shape index (κ2) is 7.56. The maximum absolute atomic E-state index is 12.5. The Hall–Kier alpha value is -3.60. The third-order valence-corrected chi connectivity index (χ3v) is 4.83. The van der Waals surface area contributed by atoms with Crippen LogP contribution in [0.15, 0.2) is 56.8 Å². The Bertz CT molecular complexity index is 1130. The molecule has 1 aromatic carbocycles. The van der Waals surface area contributed by atoms with Crippen LogP contribution in [-0.4, -0.2) is 29.5 Å². The van der Waals surface area contributed by atoms with Crippen molar-refractivity contribution in [3.63, 3.8) is 0 Å². The Morgan fingerprint density at radius 2 is 1.75 bits per heavy atom. The van der Waals surface area contributed by atoms with Gasteiger partial charge in [0.1, 0.15) is 4.92 Å². The van der Waals surface area contributed by atoms with Gasteiger partial charge in [-0.15, -0.1) is 0 Å². The van der Waals surface area contributed by atoms with Crippen LogP contribution in [0.4, 0.5) is 17.5 Å². The molecule has 144 valence electrons. The first-order valence-electron chi connectivity index (χ1n) is 7.96. The number of aromatic nitrogens is 2. The molecule has 2 aromatic heterocycles. The highest BCUT2D eigenvalue weighted by atomic mass is 32.2. The molecule has 0 amide bonds. The summed E-state index contributed by atoms with van der Waals surface area (Å²) in [6.45, 7) is 3.49. The van der Waals surface area contributed by atoms with Gasteiger partial charge in [-0.3, -0.25) is 15.1 Å². The highest BCUT2D eigenvalue weighted by molar-refractivity contribution is 7.92. The average Bonchev–Trinajstić information content (AvgIpc) is 3.08. The summed E-state index contributed by atoms with van der Waals surface area (Å²) < 4.78 is 32.2. The Balaban J connectivity index is 1.75. The lowest BCUT2D eigenvalue weighted by atomic mass is 10.3. The maximum Gasteiger partial charge on any atom is 0.433 e. The molecule has 0 aliphatic heterocycles. The summed E-state index contributed by atoms with van der Waals surface area (Å²) in [7, 11) is -3.86. The van der Waals surface area contributed by atoms with Crippen molar-refractivity contribution in [2.75, 3.05) is 4.72 Å². The number of nitrogens with zero attached hydrogens (tertiary/aromatic N) is 4. The van der Waals surface area contributed by atoms with E-state index in [-0.39, 0.29) is 22.5 Å². The molecule has 0 spiro atoms. The van der Waals surface area contributed by atoms with Crippen LogP contribution in [0.25, 0.3) is 0 Å². The van der Waals surface area contributed by atoms with Crippen molar-refractivity contribution >= 4 is 33.8 Å². The van der Waals surface area contributed by atoms with Crippen LogP contribution in [-0.2, 0) is 10.0 Å². The molecule has 0 aliphatic rings. The third-order valence-electron chi connectivity index (χ3n) is 3.49. The van der Waals surface area contributed by atoms with Crippen molar-refractivity contribution < 1.29 is 17.8 Å². The number of hydrogen-bond acceptors (Lipinski definition) is 8. The van der Waals surface area contributed by atoms with Gasteiger partial charge in [0.25, 0.3) is 10.0 Å². The predicted molar refractivity (Wildman–Crippen MR) is 101 cm³/mol. The number of aryl methyl sites for hydroxylation is 2. The Morgan fingerprint density at radius 3 is 2.32 bits per heavy atom. The number of anilines is 1. The van der Waals surface area contributed by atoms with Gasteiger partial charge in [-0.05, 0) is 50.2 Å². The molecule has 11 heteroatoms. The normalized spacial score (nSPS) is 11.6. The fraction of sp³-hybridized carbons (Fsp3) is 0.118. The second-order valence-electron chi connectivity index (χ2n) is 5.77. The van der Waals surface area contributed by atoms with Gasteiger partial charge in [0, 0.05) is 11.4 Å². The highest BCUT2D eigenvalue weighted by Gasteiger charge is 2.16. The molecule has 0 aliphatic carbocycles. The van der Waals surface area contributed by atoms with Crippen LogP contribution in [0.1, 0.15) is 17.1 Å². The number of sulfonamides is 1. The third kappa shape index (κ3) is 4.57. The van der Waals surface area contributed by atoms with E-state index in [4.69, 9.17) is 4.42 Å². The molecule has 0 saturated carbocycles. The largest absolute Gasteiger partial charge is 0.433 e. The second-order valence-corrected chi connectivity index (χ2v) is 7.45. The van der Waals surface area contributed by atoms with Crippen LogP contribution < -0.4 is 4.72 Å². The molecule has 0 unspecified atom stereocenters. The van der Waals surface area contributed by atoms with E-state index in [0.717, 1.165) is 0 Å². The first kappa shape index (κ1) is 19.2. The summed E-state index contributed by atoms with van der Waals surface area (Å²) in [5.41, 5.74) is 1.74. The van der Waals surface area contributed by atoms with Crippen molar-refractivity contribution in [1.29, 1.82) is 0 Å². The number of hydrogen-bond donors (Lipinski definition) is 1. The molecule has 1 N–H and O–H groups in total. The first-order chi connectivity index (χ1) is 13.2. The molecule has 0 atom stereocenters. The van der Waals surface area contributed by atoms with Crippen molar-refractivity contribution in [2.45, 2.75) is 18.7 Å². The summed E-state index contributed by atoms with van der Waals surface area (Å²) in [5.74, 6) is -0.182. The summed E-state index contributed by atoms with van der Waals surface area (Å²) in [6, 6.07) is 10.1. The fourth-order valence-corrected chi connectivity index (χ4v) is 3.25. The summed E-state index contributed by atoms with van der Waals surface area (Å²) in [5, 5.41) is 10.6. The van der Waals surface area contributed by atoms with Crippen LogP contribution in [0.2, 0.25) is 0 Å². The predicted octanol–water partition coefficient (Wildman–Crippen LogP) is 3.15. The summed E-state index contributed by atoms with van der Waals surface area (Å²) >= 11 is 0. The first-order valence-corrected chi connectivity index (χ1v) is 9.45. The summed E-state index contributed by atoms with van der Waals surface area (Å²) in [4.78, 5) is 22.2. The lowest BCUT2D eigenvalue weighted by Gasteiger charge is -2.08. The van der Waals surface area contributed by atoms with Gasteiger partial charge in [0.05, 0.1) is 22.9 Å². The lowest BCUT2D eigenvalue weighted by molar-refractivity contribution is -0.402. The molecule has 0 fully saturated rings. The van der Waals surface area contributed by atoms with E-state index < -0.39 is 14.9 Å². The van der Waals surface area contributed by atoms with Gasteiger partial charge in [-0.2, -0.15) is 0 Å². The number of aliphatic imine (C=N–C) groups is 1. The van der Waals surface area contributed by atoms with E-state index in [0.29, 0.717) is 17.1 Å². The minimum absolute atomic E-state index is 0.000916. The number of benzene rings is 1. The Labute approximate surface area is 160 Å². The van der Waals surface area contributed by atoms with Crippen LogP contribution >= 0.6 is 0 Å². The van der Waals surface area contributed by atoms with Gasteiger partial charge < -0.3 is 4.42 Å². The average molecular weight is 401 g/mol. The number of nitrogens with one attached hydrogen (secondary N) is 1. The van der Waals surface area contributed by atoms with Crippen LogP contribution in [0.3, 0.4) is 0 Å². The Kier molecular flexibility index (Phi) is 5.18.